The van der Waals surface area contributed by atoms with Crippen molar-refractivity contribution in [2.24, 2.45) is 0 Å². The standard InChI is InChI=1S/C13H17N3O5/c17-11(16-6-2-1-3-7-16)4-5-14-12(18)9-8-10(13(19)20)21-15-9/h8H,1-7H2,(H,14,18)(H,19,20). The molecule has 0 spiro atoms. The van der Waals surface area contributed by atoms with Gasteiger partial charge in [-0.05, 0) is 19.3 Å². The molecule has 0 saturated carbocycles. The number of nitrogens with zero attached hydrogens (tertiary/aromatic N) is 2. The fourth-order valence-corrected chi connectivity index (χ4v) is 2.16. The molecular formula is C13H17N3O5. The molecule has 1 aliphatic rings. The van der Waals surface area contributed by atoms with E-state index in [2.05, 4.69) is 15.0 Å². The van der Waals surface area contributed by atoms with Gasteiger partial charge in [0.15, 0.2) is 5.69 Å². The van der Waals surface area contributed by atoms with E-state index in [0.29, 0.717) is 0 Å². The lowest BCUT2D eigenvalue weighted by Crippen LogP contribution is -2.37. The Morgan fingerprint density at radius 2 is 2.00 bits per heavy atom. The monoisotopic (exact) mass is 295 g/mol. The average molecular weight is 295 g/mol. The number of hydrogen-bond acceptors (Lipinski definition) is 5. The first-order valence-electron chi connectivity index (χ1n) is 6.84. The maximum atomic E-state index is 11.9. The molecule has 0 unspecified atom stereocenters. The van der Waals surface area contributed by atoms with E-state index < -0.39 is 17.6 Å². The van der Waals surface area contributed by atoms with E-state index in [-0.39, 0.29) is 24.6 Å². The van der Waals surface area contributed by atoms with Crippen LogP contribution in [0.25, 0.3) is 0 Å². The molecule has 0 aromatic carbocycles. The zero-order chi connectivity index (χ0) is 15.2. The van der Waals surface area contributed by atoms with E-state index in [0.717, 1.165) is 38.4 Å². The van der Waals surface area contributed by atoms with Crippen LogP contribution in [0.15, 0.2) is 10.6 Å². The van der Waals surface area contributed by atoms with E-state index in [1.807, 2.05) is 0 Å². The molecule has 1 saturated heterocycles. The third-order valence-electron chi connectivity index (χ3n) is 3.29. The Kier molecular flexibility index (Phi) is 4.91. The van der Waals surface area contributed by atoms with Gasteiger partial charge in [-0.3, -0.25) is 9.59 Å². The first-order valence-corrected chi connectivity index (χ1v) is 6.84. The molecule has 2 amide bonds. The van der Waals surface area contributed by atoms with Crippen molar-refractivity contribution in [3.05, 3.63) is 17.5 Å². The van der Waals surface area contributed by atoms with Crippen LogP contribution >= 0.6 is 0 Å². The van der Waals surface area contributed by atoms with Gasteiger partial charge in [0.2, 0.25) is 11.7 Å². The first-order chi connectivity index (χ1) is 10.1. The van der Waals surface area contributed by atoms with Crippen LogP contribution in [-0.4, -0.2) is 52.6 Å². The van der Waals surface area contributed by atoms with Crippen LogP contribution in [0, 0.1) is 0 Å². The molecule has 1 aromatic rings. The number of piperidine rings is 1. The Bertz CT molecular complexity index is 534. The first kappa shape index (κ1) is 15.0. The highest BCUT2D eigenvalue weighted by Gasteiger charge is 2.18. The number of nitrogens with one attached hydrogen (secondary N) is 1. The van der Waals surface area contributed by atoms with E-state index in [1.165, 1.54) is 0 Å². The Balaban J connectivity index is 1.75. The number of carbonyl (C=O) groups is 3. The molecule has 1 fully saturated rings. The zero-order valence-corrected chi connectivity index (χ0v) is 11.5. The summed E-state index contributed by atoms with van der Waals surface area (Å²) in [6, 6.07) is 1.05. The van der Waals surface area contributed by atoms with Crippen molar-refractivity contribution in [1.29, 1.82) is 0 Å². The van der Waals surface area contributed by atoms with Gasteiger partial charge in [-0.1, -0.05) is 5.16 Å². The number of rotatable bonds is 5. The van der Waals surface area contributed by atoms with Crippen molar-refractivity contribution in [2.75, 3.05) is 19.6 Å². The Morgan fingerprint density at radius 3 is 2.62 bits per heavy atom. The predicted octanol–water partition coefficient (Wildman–Crippen LogP) is 0.505. The number of carboxylic acids is 1. The predicted molar refractivity (Wildman–Crippen MR) is 70.8 cm³/mol. The quantitative estimate of drug-likeness (QED) is 0.818. The number of amides is 2. The number of aromatic carboxylic acids is 1. The van der Waals surface area contributed by atoms with E-state index in [4.69, 9.17) is 5.11 Å². The topological polar surface area (TPSA) is 113 Å². The SMILES string of the molecule is O=C(NCCC(=O)N1CCCCC1)c1cc(C(=O)O)on1. The van der Waals surface area contributed by atoms with Crippen molar-refractivity contribution in [3.8, 4) is 0 Å². The second-order valence-electron chi connectivity index (χ2n) is 4.83. The van der Waals surface area contributed by atoms with Crippen LogP contribution < -0.4 is 5.32 Å². The summed E-state index contributed by atoms with van der Waals surface area (Å²) in [7, 11) is 0. The van der Waals surface area contributed by atoms with Crippen LogP contribution in [-0.2, 0) is 4.79 Å². The molecule has 0 bridgehead atoms. The van der Waals surface area contributed by atoms with Crippen LogP contribution in [0.2, 0.25) is 0 Å². The highest BCUT2D eigenvalue weighted by molar-refractivity contribution is 5.95. The summed E-state index contributed by atoms with van der Waals surface area (Å²) in [4.78, 5) is 36.0. The van der Waals surface area contributed by atoms with Gasteiger partial charge in [0, 0.05) is 32.1 Å². The minimum absolute atomic E-state index is 0.0152. The van der Waals surface area contributed by atoms with Gasteiger partial charge in [-0.25, -0.2) is 4.79 Å². The molecule has 8 heteroatoms. The smallest absolute Gasteiger partial charge is 0.374 e. The normalized spacial score (nSPS) is 14.8. The van der Waals surface area contributed by atoms with Gasteiger partial charge in [0.05, 0.1) is 0 Å². The van der Waals surface area contributed by atoms with E-state index >= 15 is 0 Å². The van der Waals surface area contributed by atoms with Crippen LogP contribution in [0.3, 0.4) is 0 Å². The number of aromatic nitrogens is 1. The molecule has 1 aliphatic heterocycles. The summed E-state index contributed by atoms with van der Waals surface area (Å²) < 4.78 is 4.48. The van der Waals surface area contributed by atoms with E-state index in [9.17, 15) is 14.4 Å². The summed E-state index contributed by atoms with van der Waals surface area (Å²) in [6.07, 6.45) is 3.41. The molecule has 0 atom stereocenters. The van der Waals surface area contributed by atoms with Crippen LogP contribution in [0.1, 0.15) is 46.7 Å². The largest absolute Gasteiger partial charge is 0.475 e. The number of likely N-dealkylation sites (tertiary alicyclic amines) is 1. The maximum Gasteiger partial charge on any atom is 0.374 e. The zero-order valence-electron chi connectivity index (χ0n) is 11.5. The summed E-state index contributed by atoms with van der Waals surface area (Å²) in [5.41, 5.74) is -0.113. The lowest BCUT2D eigenvalue weighted by molar-refractivity contribution is -0.131. The molecule has 8 nitrogen and oxygen atoms in total. The third kappa shape index (κ3) is 4.04. The highest BCUT2D eigenvalue weighted by Crippen LogP contribution is 2.09. The van der Waals surface area contributed by atoms with E-state index in [1.54, 1.807) is 4.90 Å². The van der Waals surface area contributed by atoms with Crippen LogP contribution in [0.4, 0.5) is 0 Å². The number of carboxylic acid groups (broad SMARTS) is 1. The van der Waals surface area contributed by atoms with Crippen molar-refractivity contribution < 1.29 is 24.0 Å². The van der Waals surface area contributed by atoms with Gasteiger partial charge < -0.3 is 19.8 Å². The molecular weight excluding hydrogens is 278 g/mol. The summed E-state index contributed by atoms with van der Waals surface area (Å²) in [5, 5.41) is 14.5. The molecule has 0 radical (unpaired) electrons. The molecule has 114 valence electrons. The van der Waals surface area contributed by atoms with Gasteiger partial charge in [-0.2, -0.15) is 0 Å². The van der Waals surface area contributed by atoms with Crippen molar-refractivity contribution >= 4 is 17.8 Å². The van der Waals surface area contributed by atoms with Crippen molar-refractivity contribution in [3.63, 3.8) is 0 Å². The summed E-state index contributed by atoms with van der Waals surface area (Å²) in [6.45, 7) is 1.74. The van der Waals surface area contributed by atoms with Gasteiger partial charge >= 0.3 is 5.97 Å². The number of carbonyl (C=O) groups excluding carboxylic acids is 2. The van der Waals surface area contributed by atoms with Gasteiger partial charge in [-0.15, -0.1) is 0 Å². The maximum absolute atomic E-state index is 11.9. The minimum atomic E-state index is -1.29. The van der Waals surface area contributed by atoms with Crippen molar-refractivity contribution in [1.82, 2.24) is 15.4 Å². The lowest BCUT2D eigenvalue weighted by atomic mass is 10.1. The fourth-order valence-electron chi connectivity index (χ4n) is 2.16. The Labute approximate surface area is 121 Å². The molecule has 2 rings (SSSR count). The average Bonchev–Trinajstić information content (AvgIpc) is 2.98. The molecule has 2 heterocycles. The second kappa shape index (κ2) is 6.87. The van der Waals surface area contributed by atoms with Gasteiger partial charge in [0.25, 0.3) is 5.91 Å². The fraction of sp³-hybridized carbons (Fsp3) is 0.538. The van der Waals surface area contributed by atoms with Crippen LogP contribution in [0.5, 0.6) is 0 Å². The molecule has 0 aliphatic carbocycles. The Morgan fingerprint density at radius 1 is 1.29 bits per heavy atom. The van der Waals surface area contributed by atoms with Crippen molar-refractivity contribution in [2.45, 2.75) is 25.7 Å². The van der Waals surface area contributed by atoms with Gasteiger partial charge in [0.1, 0.15) is 0 Å². The molecule has 2 N–H and O–H groups in total. The molecule has 1 aromatic heterocycles. The third-order valence-corrected chi connectivity index (χ3v) is 3.29. The summed E-state index contributed by atoms with van der Waals surface area (Å²) in [5.74, 6) is -2.23. The summed E-state index contributed by atoms with van der Waals surface area (Å²) >= 11 is 0. The lowest BCUT2D eigenvalue weighted by Gasteiger charge is -2.26. The highest BCUT2D eigenvalue weighted by atomic mass is 16.5. The number of hydrogen-bond donors (Lipinski definition) is 2. The minimum Gasteiger partial charge on any atom is -0.475 e. The molecule has 21 heavy (non-hydrogen) atoms. The Hall–Kier alpha value is -2.38. The second-order valence-corrected chi connectivity index (χ2v) is 4.83.